The Labute approximate surface area is 100.0 Å². The van der Waals surface area contributed by atoms with E-state index >= 15 is 0 Å². The molecule has 0 aromatic carbocycles. The van der Waals surface area contributed by atoms with Crippen molar-refractivity contribution in [2.75, 3.05) is 7.05 Å². The quantitative estimate of drug-likeness (QED) is 0.622. The predicted molar refractivity (Wildman–Crippen MR) is 71.7 cm³/mol. The summed E-state index contributed by atoms with van der Waals surface area (Å²) in [6.45, 7) is 18.9. The van der Waals surface area contributed by atoms with Gasteiger partial charge in [0.1, 0.15) is 0 Å². The fraction of sp³-hybridized carbons (Fsp3) is 1.00. The van der Waals surface area contributed by atoms with E-state index < -0.39 is 0 Å². The zero-order valence-electron chi connectivity index (χ0n) is 11.9. The Morgan fingerprint density at radius 1 is 0.667 bits per heavy atom. The molecule has 0 bridgehead atoms. The van der Waals surface area contributed by atoms with Crippen LogP contribution in [0.15, 0.2) is 0 Å². The van der Waals surface area contributed by atoms with Crippen LogP contribution in [-0.4, -0.2) is 32.5 Å². The Morgan fingerprint density at radius 3 is 1.20 bits per heavy atom. The third kappa shape index (κ3) is 1.64. The minimum Gasteiger partial charge on any atom is -0.293 e. The Bertz CT molecular complexity index is 238. The summed E-state index contributed by atoms with van der Waals surface area (Å²) in [7, 11) is 2.27. The second kappa shape index (κ2) is 3.16. The molecule has 0 atom stereocenters. The van der Waals surface area contributed by atoms with E-state index in [0.29, 0.717) is 0 Å². The maximum atomic E-state index is 2.55. The zero-order chi connectivity index (χ0) is 12.3. The summed E-state index contributed by atoms with van der Waals surface area (Å²) >= 11 is 2.12. The van der Waals surface area contributed by atoms with E-state index in [1.54, 1.807) is 0 Å². The van der Waals surface area contributed by atoms with Crippen molar-refractivity contribution in [2.45, 2.75) is 76.0 Å². The molecule has 1 heterocycles. The Hall–Kier alpha value is 0.310. The van der Waals surface area contributed by atoms with Gasteiger partial charge in [-0.1, -0.05) is 0 Å². The summed E-state index contributed by atoms with van der Waals surface area (Å²) in [5.74, 6) is 0. The predicted octanol–water partition coefficient (Wildman–Crippen LogP) is 3.78. The molecule has 0 saturated carbocycles. The summed E-state index contributed by atoms with van der Waals surface area (Å²) in [4.78, 5) is 2.55. The van der Waals surface area contributed by atoms with Crippen LogP contribution in [0.4, 0.5) is 0 Å². The summed E-state index contributed by atoms with van der Waals surface area (Å²) in [6.07, 6.45) is 0. The second-order valence-corrected chi connectivity index (χ2v) is 9.05. The van der Waals surface area contributed by atoms with Crippen molar-refractivity contribution in [3.63, 3.8) is 0 Å². The first-order chi connectivity index (χ1) is 6.36. The third-order valence-corrected chi connectivity index (χ3v) is 7.15. The molecule has 0 radical (unpaired) electrons. The van der Waals surface area contributed by atoms with E-state index in [2.05, 4.69) is 79.1 Å². The minimum absolute atomic E-state index is 0.219. The number of hydrogen-bond acceptors (Lipinski definition) is 2. The first-order valence-corrected chi connectivity index (χ1v) is 6.62. The summed E-state index contributed by atoms with van der Waals surface area (Å²) in [5, 5.41) is 0. The molecule has 1 fully saturated rings. The lowest BCUT2D eigenvalue weighted by Crippen LogP contribution is -2.72. The molecule has 1 aliphatic heterocycles. The van der Waals surface area contributed by atoms with Gasteiger partial charge in [-0.2, -0.15) is 0 Å². The van der Waals surface area contributed by atoms with Crippen LogP contribution in [0.2, 0.25) is 0 Å². The number of nitrogens with zero attached hydrogens (tertiary/aromatic N) is 1. The van der Waals surface area contributed by atoms with Gasteiger partial charge in [0.15, 0.2) is 0 Å². The van der Waals surface area contributed by atoms with E-state index in [4.69, 9.17) is 0 Å². The van der Waals surface area contributed by atoms with Crippen LogP contribution in [-0.2, 0) is 0 Å². The van der Waals surface area contributed by atoms with E-state index in [1.165, 1.54) is 0 Å². The van der Waals surface area contributed by atoms with Crippen molar-refractivity contribution >= 4 is 11.8 Å². The first-order valence-electron chi connectivity index (χ1n) is 5.80. The molecule has 15 heavy (non-hydrogen) atoms. The average Bonchev–Trinajstić information content (AvgIpc) is 1.98. The molecule has 0 unspecified atom stereocenters. The van der Waals surface area contributed by atoms with E-state index in [9.17, 15) is 0 Å². The summed E-state index contributed by atoms with van der Waals surface area (Å²) in [6, 6.07) is 0. The molecule has 1 saturated heterocycles. The standard InChI is InChI=1S/C13H27NS/c1-10(2)12(5,6)15-13(7,8)11(3,4)14(10)9/h1-9H3. The van der Waals surface area contributed by atoms with Crippen molar-refractivity contribution in [2.24, 2.45) is 0 Å². The summed E-state index contributed by atoms with van der Waals surface area (Å²) < 4.78 is 0.557. The molecule has 1 aliphatic rings. The van der Waals surface area contributed by atoms with Crippen LogP contribution in [0, 0.1) is 0 Å². The molecule has 0 amide bonds. The SMILES string of the molecule is CN1C(C)(C)C(C)(C)SC(C)(C)C1(C)C. The molecular weight excluding hydrogens is 202 g/mol. The third-order valence-electron chi connectivity index (χ3n) is 5.13. The van der Waals surface area contributed by atoms with Gasteiger partial charge in [0.25, 0.3) is 0 Å². The highest BCUT2D eigenvalue weighted by Gasteiger charge is 2.58. The normalized spacial score (nSPS) is 32.6. The molecular formula is C13H27NS. The minimum atomic E-state index is 0.219. The van der Waals surface area contributed by atoms with Crippen LogP contribution in [0.1, 0.15) is 55.4 Å². The van der Waals surface area contributed by atoms with Crippen LogP contribution < -0.4 is 0 Å². The van der Waals surface area contributed by atoms with Gasteiger partial charge in [0.05, 0.1) is 0 Å². The van der Waals surface area contributed by atoms with E-state index in [-0.39, 0.29) is 20.6 Å². The molecule has 0 spiro atoms. The first kappa shape index (κ1) is 13.4. The van der Waals surface area contributed by atoms with Gasteiger partial charge >= 0.3 is 0 Å². The maximum Gasteiger partial charge on any atom is 0.0297 e. The molecule has 0 aliphatic carbocycles. The van der Waals surface area contributed by atoms with Crippen molar-refractivity contribution in [1.29, 1.82) is 0 Å². The zero-order valence-corrected chi connectivity index (χ0v) is 12.7. The van der Waals surface area contributed by atoms with Gasteiger partial charge in [-0.25, -0.2) is 0 Å². The fourth-order valence-electron chi connectivity index (χ4n) is 2.39. The number of thioether (sulfide) groups is 1. The molecule has 90 valence electrons. The van der Waals surface area contributed by atoms with Crippen molar-refractivity contribution in [1.82, 2.24) is 4.90 Å². The van der Waals surface area contributed by atoms with Crippen LogP contribution in [0.3, 0.4) is 0 Å². The van der Waals surface area contributed by atoms with Crippen LogP contribution in [0.25, 0.3) is 0 Å². The Balaban J connectivity index is 3.24. The highest BCUT2D eigenvalue weighted by atomic mass is 32.2. The van der Waals surface area contributed by atoms with Gasteiger partial charge in [-0.05, 0) is 62.4 Å². The summed E-state index contributed by atoms with van der Waals surface area (Å²) in [5.41, 5.74) is 0.438. The molecule has 0 aromatic rings. The van der Waals surface area contributed by atoms with Crippen molar-refractivity contribution < 1.29 is 0 Å². The molecule has 0 aromatic heterocycles. The lowest BCUT2D eigenvalue weighted by Gasteiger charge is -2.65. The topological polar surface area (TPSA) is 3.24 Å². The van der Waals surface area contributed by atoms with Crippen LogP contribution in [0.5, 0.6) is 0 Å². The second-order valence-electron chi connectivity index (χ2n) is 6.80. The largest absolute Gasteiger partial charge is 0.293 e. The van der Waals surface area contributed by atoms with Gasteiger partial charge in [0, 0.05) is 20.6 Å². The molecule has 1 nitrogen and oxygen atoms in total. The molecule has 1 rings (SSSR count). The Kier molecular flexibility index (Phi) is 2.82. The van der Waals surface area contributed by atoms with Crippen molar-refractivity contribution in [3.05, 3.63) is 0 Å². The van der Waals surface area contributed by atoms with E-state index in [1.807, 2.05) is 0 Å². The number of rotatable bonds is 0. The highest BCUT2D eigenvalue weighted by molar-refractivity contribution is 8.02. The maximum absolute atomic E-state index is 2.55. The monoisotopic (exact) mass is 229 g/mol. The lowest BCUT2D eigenvalue weighted by molar-refractivity contribution is -0.00649. The van der Waals surface area contributed by atoms with Gasteiger partial charge in [-0.15, -0.1) is 11.8 Å². The van der Waals surface area contributed by atoms with Crippen molar-refractivity contribution in [3.8, 4) is 0 Å². The lowest BCUT2D eigenvalue weighted by atomic mass is 9.78. The van der Waals surface area contributed by atoms with Gasteiger partial charge in [-0.3, -0.25) is 4.90 Å². The number of hydrogen-bond donors (Lipinski definition) is 0. The fourth-order valence-corrected chi connectivity index (χ4v) is 4.44. The highest BCUT2D eigenvalue weighted by Crippen LogP contribution is 2.56. The van der Waals surface area contributed by atoms with Crippen LogP contribution >= 0.6 is 11.8 Å². The smallest absolute Gasteiger partial charge is 0.0297 e. The van der Waals surface area contributed by atoms with Gasteiger partial charge < -0.3 is 0 Å². The van der Waals surface area contributed by atoms with Gasteiger partial charge in [0.2, 0.25) is 0 Å². The molecule has 0 N–H and O–H groups in total. The van der Waals surface area contributed by atoms with E-state index in [0.717, 1.165) is 0 Å². The average molecular weight is 229 g/mol. The molecule has 2 heteroatoms. The Morgan fingerprint density at radius 2 is 0.933 bits per heavy atom.